The number of anilines is 1. The van der Waals surface area contributed by atoms with Crippen molar-refractivity contribution in [3.63, 3.8) is 0 Å². The number of carbonyl (C=O) groups is 1. The van der Waals surface area contributed by atoms with Crippen LogP contribution in [0.4, 0.5) is 5.69 Å². The third-order valence-electron chi connectivity index (χ3n) is 6.14. The molecule has 2 N–H and O–H groups in total. The highest BCUT2D eigenvalue weighted by Gasteiger charge is 2.22. The van der Waals surface area contributed by atoms with Gasteiger partial charge in [0, 0.05) is 50.0 Å². The van der Waals surface area contributed by atoms with Gasteiger partial charge in [-0.2, -0.15) is 0 Å². The zero-order valence-corrected chi connectivity index (χ0v) is 18.3. The van der Waals surface area contributed by atoms with Crippen LogP contribution in [0.5, 0.6) is 5.75 Å². The summed E-state index contributed by atoms with van der Waals surface area (Å²) in [5, 5.41) is 6.84. The van der Waals surface area contributed by atoms with Crippen molar-refractivity contribution in [3.8, 4) is 5.75 Å². The molecule has 3 rings (SSSR count). The molecule has 0 radical (unpaired) electrons. The summed E-state index contributed by atoms with van der Waals surface area (Å²) in [6.45, 7) is 3.01. The molecular weight excluding hydrogens is 374 g/mol. The molecule has 0 bridgehead atoms. The van der Waals surface area contributed by atoms with Gasteiger partial charge >= 0.3 is 0 Å². The first-order chi connectivity index (χ1) is 14.7. The lowest BCUT2D eigenvalue weighted by Crippen LogP contribution is -2.38. The molecule has 0 heterocycles. The molecule has 1 aromatic carbocycles. The maximum atomic E-state index is 10.8. The van der Waals surface area contributed by atoms with Crippen LogP contribution >= 0.6 is 0 Å². The van der Waals surface area contributed by atoms with Gasteiger partial charge in [0.15, 0.2) is 0 Å². The highest BCUT2D eigenvalue weighted by Crippen LogP contribution is 2.31. The molecule has 0 aliphatic heterocycles. The first-order valence-electron chi connectivity index (χ1n) is 11.1. The Labute approximate surface area is 180 Å². The lowest BCUT2D eigenvalue weighted by atomic mass is 9.81. The quantitative estimate of drug-likeness (QED) is 0.573. The maximum Gasteiger partial charge on any atom is 0.298 e. The molecule has 0 aromatic heterocycles. The minimum absolute atomic E-state index is 0.494. The number of nitrogens with zero attached hydrogens (tertiary/aromatic N) is 1. The van der Waals surface area contributed by atoms with Crippen LogP contribution in [-0.2, 0) is 11.3 Å². The van der Waals surface area contributed by atoms with E-state index in [1.54, 1.807) is 0 Å². The zero-order valence-electron chi connectivity index (χ0n) is 18.3. The van der Waals surface area contributed by atoms with Crippen LogP contribution in [0.1, 0.15) is 37.7 Å². The molecule has 0 atom stereocenters. The Kier molecular flexibility index (Phi) is 8.72. The van der Waals surface area contributed by atoms with Gasteiger partial charge < -0.3 is 20.3 Å². The number of benzene rings is 1. The second-order valence-electron chi connectivity index (χ2n) is 8.19. The number of nitrogens with one attached hydrogen (secondary N) is 2. The van der Waals surface area contributed by atoms with Gasteiger partial charge in [-0.05, 0) is 56.7 Å². The smallest absolute Gasteiger partial charge is 0.298 e. The highest BCUT2D eigenvalue weighted by molar-refractivity contribution is 5.57. The van der Waals surface area contributed by atoms with E-state index >= 15 is 0 Å². The fourth-order valence-electron chi connectivity index (χ4n) is 4.37. The second-order valence-corrected chi connectivity index (χ2v) is 8.19. The summed E-state index contributed by atoms with van der Waals surface area (Å²) in [6, 6.07) is 6.64. The minimum Gasteiger partial charge on any atom is -0.428 e. The maximum absolute atomic E-state index is 10.8. The first-order valence-corrected chi connectivity index (χ1v) is 11.1. The van der Waals surface area contributed by atoms with Crippen LogP contribution in [-0.4, -0.2) is 39.7 Å². The molecule has 2 aliphatic carbocycles. The molecule has 0 saturated heterocycles. The average Bonchev–Trinajstić information content (AvgIpc) is 3.05. The van der Waals surface area contributed by atoms with Crippen molar-refractivity contribution >= 4 is 12.2 Å². The number of carbonyl (C=O) groups excluding carboxylic acids is 1. The summed E-state index contributed by atoms with van der Waals surface area (Å²) in [7, 11) is 3.96. The predicted octanol–water partition coefficient (Wildman–Crippen LogP) is 3.97. The molecule has 0 spiro atoms. The molecule has 5 heteroatoms. The van der Waals surface area contributed by atoms with Crippen molar-refractivity contribution in [1.29, 1.82) is 0 Å². The molecular formula is C25H35N3O2. The second kappa shape index (κ2) is 11.7. The molecule has 1 fully saturated rings. The van der Waals surface area contributed by atoms with Gasteiger partial charge in [0.2, 0.25) is 0 Å². The number of rotatable bonds is 10. The molecule has 1 saturated carbocycles. The third kappa shape index (κ3) is 6.31. The molecule has 2 aliphatic rings. The zero-order chi connectivity index (χ0) is 21.2. The molecule has 162 valence electrons. The Balaban J connectivity index is 1.44. The minimum atomic E-state index is 0.494. The summed E-state index contributed by atoms with van der Waals surface area (Å²) < 4.78 is 5.17. The van der Waals surface area contributed by atoms with Gasteiger partial charge in [0.05, 0.1) is 0 Å². The Morgan fingerprint density at radius 2 is 2.03 bits per heavy atom. The predicted molar refractivity (Wildman–Crippen MR) is 124 cm³/mol. The summed E-state index contributed by atoms with van der Waals surface area (Å²) in [6.07, 6.45) is 17.3. The highest BCUT2D eigenvalue weighted by atomic mass is 16.5. The van der Waals surface area contributed by atoms with Gasteiger partial charge in [0.25, 0.3) is 6.47 Å². The van der Waals surface area contributed by atoms with E-state index in [2.05, 4.69) is 59.0 Å². The van der Waals surface area contributed by atoms with Crippen LogP contribution in [0.2, 0.25) is 0 Å². The van der Waals surface area contributed by atoms with Gasteiger partial charge in [-0.25, -0.2) is 0 Å². The van der Waals surface area contributed by atoms with Gasteiger partial charge in [-0.1, -0.05) is 36.4 Å². The van der Waals surface area contributed by atoms with Crippen molar-refractivity contribution < 1.29 is 9.53 Å². The SMILES string of the molecule is CNCc1ccc(N(C)CCNC2CCC(C3=CCC=CC=C3)CC2)cc1OC=O. The van der Waals surface area contributed by atoms with Crippen molar-refractivity contribution in [2.45, 2.75) is 44.7 Å². The van der Waals surface area contributed by atoms with Gasteiger partial charge in [-0.3, -0.25) is 4.79 Å². The molecule has 0 amide bonds. The fraction of sp³-hybridized carbons (Fsp3) is 0.480. The monoisotopic (exact) mass is 409 g/mol. The van der Waals surface area contributed by atoms with Gasteiger partial charge in [0.1, 0.15) is 5.75 Å². The van der Waals surface area contributed by atoms with E-state index in [-0.39, 0.29) is 0 Å². The lowest BCUT2D eigenvalue weighted by molar-refractivity contribution is -0.120. The van der Waals surface area contributed by atoms with E-state index in [0.717, 1.165) is 30.8 Å². The average molecular weight is 410 g/mol. The Hall–Kier alpha value is -2.37. The van der Waals surface area contributed by atoms with Crippen molar-refractivity contribution in [2.75, 3.05) is 32.1 Å². The van der Waals surface area contributed by atoms with E-state index in [0.29, 0.717) is 30.7 Å². The van der Waals surface area contributed by atoms with E-state index in [4.69, 9.17) is 4.74 Å². The van der Waals surface area contributed by atoms with Crippen LogP contribution in [0, 0.1) is 5.92 Å². The largest absolute Gasteiger partial charge is 0.428 e. The summed E-state index contributed by atoms with van der Waals surface area (Å²) in [4.78, 5) is 13.0. The summed E-state index contributed by atoms with van der Waals surface area (Å²) in [5.74, 6) is 1.33. The number of allylic oxidation sites excluding steroid dienone is 6. The summed E-state index contributed by atoms with van der Waals surface area (Å²) >= 11 is 0. The van der Waals surface area contributed by atoms with Crippen molar-refractivity contribution in [1.82, 2.24) is 10.6 Å². The number of hydrogen-bond donors (Lipinski definition) is 2. The Morgan fingerprint density at radius 3 is 2.80 bits per heavy atom. The Morgan fingerprint density at radius 1 is 1.20 bits per heavy atom. The molecule has 5 nitrogen and oxygen atoms in total. The molecule has 1 aromatic rings. The number of likely N-dealkylation sites (N-methyl/N-ethyl adjacent to an activating group) is 1. The van der Waals surface area contributed by atoms with Crippen LogP contribution < -0.4 is 20.3 Å². The first kappa shape index (κ1) is 22.3. The normalized spacial score (nSPS) is 21.1. The van der Waals surface area contributed by atoms with E-state index in [1.807, 2.05) is 19.2 Å². The Bertz CT molecular complexity index is 777. The van der Waals surface area contributed by atoms with E-state index < -0.39 is 0 Å². The third-order valence-corrected chi connectivity index (χ3v) is 6.14. The number of hydrogen-bond acceptors (Lipinski definition) is 5. The van der Waals surface area contributed by atoms with Crippen LogP contribution in [0.15, 0.2) is 54.2 Å². The van der Waals surface area contributed by atoms with Crippen LogP contribution in [0.25, 0.3) is 0 Å². The van der Waals surface area contributed by atoms with Gasteiger partial charge in [-0.15, -0.1) is 0 Å². The van der Waals surface area contributed by atoms with E-state index in [1.165, 1.54) is 31.3 Å². The summed E-state index contributed by atoms with van der Waals surface area (Å²) in [5.41, 5.74) is 3.55. The topological polar surface area (TPSA) is 53.6 Å². The lowest BCUT2D eigenvalue weighted by Gasteiger charge is -2.31. The fourth-order valence-corrected chi connectivity index (χ4v) is 4.37. The van der Waals surface area contributed by atoms with Crippen LogP contribution in [0.3, 0.4) is 0 Å². The van der Waals surface area contributed by atoms with Crippen molar-refractivity contribution in [3.05, 3.63) is 59.7 Å². The van der Waals surface area contributed by atoms with Crippen molar-refractivity contribution in [2.24, 2.45) is 5.92 Å². The number of ether oxygens (including phenoxy) is 1. The standard InChI is InChI=1S/C25H35N3O2/c1-26-18-22-11-14-24(17-25(22)30-19-29)28(2)16-15-27-23-12-9-21(10-13-23)20-7-5-3-4-6-8-20/h3-5,7-8,11,14,17,19,21,23,26-27H,6,9-10,12-13,15-16,18H2,1-2H3. The van der Waals surface area contributed by atoms with E-state index in [9.17, 15) is 4.79 Å². The molecule has 30 heavy (non-hydrogen) atoms. The molecule has 0 unspecified atom stereocenters.